The number of nitro groups is 1. The molecule has 0 saturated carbocycles. The summed E-state index contributed by atoms with van der Waals surface area (Å²) in [6, 6.07) is 6.10. The van der Waals surface area contributed by atoms with Crippen LogP contribution in [-0.2, 0) is 4.79 Å². The summed E-state index contributed by atoms with van der Waals surface area (Å²) in [5.74, 6) is 2.08. The highest BCUT2D eigenvalue weighted by Crippen LogP contribution is 2.34. The molecule has 0 N–H and O–H groups in total. The van der Waals surface area contributed by atoms with Crippen LogP contribution in [0.4, 0.5) is 5.69 Å². The maximum atomic E-state index is 11.8. The van der Waals surface area contributed by atoms with Crippen LogP contribution in [0.2, 0.25) is 0 Å². The quantitative estimate of drug-likeness (QED) is 0.480. The van der Waals surface area contributed by atoms with Gasteiger partial charge >= 0.3 is 0 Å². The number of benzene rings is 1. The highest BCUT2D eigenvalue weighted by Gasteiger charge is 2.07. The number of nitrogens with zero attached hydrogens (tertiary/aromatic N) is 1. The number of allylic oxidation sites excluding steroid dienone is 2. The standard InChI is InChI=1S/C14H13NO3S2/c16-13(10-14-19-8-1-9-20-14)7-4-11-2-5-12(6-3-11)15(17)18/h2-7,10H,1,8-9H2. The molecule has 104 valence electrons. The van der Waals surface area contributed by atoms with Crippen LogP contribution in [0.1, 0.15) is 12.0 Å². The molecule has 0 aromatic heterocycles. The third kappa shape index (κ3) is 4.54. The molecule has 20 heavy (non-hydrogen) atoms. The molecule has 0 atom stereocenters. The first-order valence-electron chi connectivity index (χ1n) is 6.09. The molecular formula is C14H13NO3S2. The van der Waals surface area contributed by atoms with E-state index in [0.717, 1.165) is 21.3 Å². The van der Waals surface area contributed by atoms with Gasteiger partial charge in [0.15, 0.2) is 5.78 Å². The molecule has 0 amide bonds. The van der Waals surface area contributed by atoms with Crippen molar-refractivity contribution in [2.45, 2.75) is 6.42 Å². The van der Waals surface area contributed by atoms with Crippen molar-refractivity contribution >= 4 is 41.1 Å². The summed E-state index contributed by atoms with van der Waals surface area (Å²) in [4.78, 5) is 21.8. The Morgan fingerprint density at radius 1 is 1.20 bits per heavy atom. The predicted molar refractivity (Wildman–Crippen MR) is 84.8 cm³/mol. The van der Waals surface area contributed by atoms with E-state index in [1.807, 2.05) is 0 Å². The van der Waals surface area contributed by atoms with Gasteiger partial charge < -0.3 is 0 Å². The first kappa shape index (κ1) is 14.9. The van der Waals surface area contributed by atoms with Crippen molar-refractivity contribution in [2.24, 2.45) is 0 Å². The van der Waals surface area contributed by atoms with Crippen LogP contribution < -0.4 is 0 Å². The predicted octanol–water partition coefficient (Wildman–Crippen LogP) is 3.89. The van der Waals surface area contributed by atoms with E-state index in [9.17, 15) is 14.9 Å². The molecule has 1 fully saturated rings. The van der Waals surface area contributed by atoms with Crippen LogP contribution in [0.15, 0.2) is 40.7 Å². The van der Waals surface area contributed by atoms with Gasteiger partial charge in [-0.3, -0.25) is 14.9 Å². The third-order valence-corrected chi connectivity index (χ3v) is 5.08. The second-order valence-corrected chi connectivity index (χ2v) is 6.63. The molecule has 0 aliphatic carbocycles. The molecule has 2 rings (SSSR count). The zero-order valence-corrected chi connectivity index (χ0v) is 12.3. The molecule has 1 aliphatic heterocycles. The summed E-state index contributed by atoms with van der Waals surface area (Å²) < 4.78 is 1.06. The first-order valence-corrected chi connectivity index (χ1v) is 8.06. The van der Waals surface area contributed by atoms with Crippen LogP contribution in [-0.4, -0.2) is 22.2 Å². The van der Waals surface area contributed by atoms with Crippen molar-refractivity contribution < 1.29 is 9.72 Å². The van der Waals surface area contributed by atoms with E-state index in [4.69, 9.17) is 0 Å². The molecule has 4 nitrogen and oxygen atoms in total. The lowest BCUT2D eigenvalue weighted by molar-refractivity contribution is -0.384. The van der Waals surface area contributed by atoms with Crippen LogP contribution in [0.3, 0.4) is 0 Å². The van der Waals surface area contributed by atoms with E-state index < -0.39 is 4.92 Å². The molecule has 0 unspecified atom stereocenters. The number of hydrogen-bond acceptors (Lipinski definition) is 5. The Kier molecular flexibility index (Phi) is 5.43. The summed E-state index contributed by atoms with van der Waals surface area (Å²) in [6.07, 6.45) is 5.99. The van der Waals surface area contributed by atoms with Crippen LogP contribution in [0.25, 0.3) is 6.08 Å². The molecule has 0 spiro atoms. The van der Waals surface area contributed by atoms with Crippen molar-refractivity contribution in [2.75, 3.05) is 11.5 Å². The molecule has 0 radical (unpaired) electrons. The second-order valence-electron chi connectivity index (χ2n) is 4.10. The zero-order chi connectivity index (χ0) is 14.4. The van der Waals surface area contributed by atoms with Crippen molar-refractivity contribution in [3.63, 3.8) is 0 Å². The van der Waals surface area contributed by atoms with Crippen molar-refractivity contribution in [1.29, 1.82) is 0 Å². The largest absolute Gasteiger partial charge is 0.290 e. The average molecular weight is 307 g/mol. The van der Waals surface area contributed by atoms with E-state index in [-0.39, 0.29) is 11.5 Å². The van der Waals surface area contributed by atoms with Crippen LogP contribution in [0.5, 0.6) is 0 Å². The Balaban J connectivity index is 1.97. The SMILES string of the molecule is O=C(C=Cc1ccc([N+](=O)[O-])cc1)C=C1SCCCS1. The van der Waals surface area contributed by atoms with Gasteiger partial charge in [-0.1, -0.05) is 6.08 Å². The number of hydrogen-bond donors (Lipinski definition) is 0. The number of non-ortho nitro benzene ring substituents is 1. The summed E-state index contributed by atoms with van der Waals surface area (Å²) in [7, 11) is 0. The Hall–Kier alpha value is -1.53. The third-order valence-electron chi connectivity index (χ3n) is 2.58. The fourth-order valence-electron chi connectivity index (χ4n) is 1.58. The van der Waals surface area contributed by atoms with E-state index in [0.29, 0.717) is 0 Å². The fourth-order valence-corrected chi connectivity index (χ4v) is 3.97. The first-order chi connectivity index (χ1) is 9.65. The number of rotatable bonds is 4. The minimum absolute atomic E-state index is 0.0469. The maximum Gasteiger partial charge on any atom is 0.269 e. The normalized spacial score (nSPS) is 15.3. The van der Waals surface area contributed by atoms with Gasteiger partial charge in [-0.05, 0) is 41.7 Å². The minimum Gasteiger partial charge on any atom is -0.290 e. The molecule has 1 saturated heterocycles. The van der Waals surface area contributed by atoms with E-state index in [2.05, 4.69) is 0 Å². The van der Waals surface area contributed by atoms with Gasteiger partial charge in [-0.2, -0.15) is 0 Å². The number of carbonyl (C=O) groups excluding carboxylic acids is 1. The van der Waals surface area contributed by atoms with Gasteiger partial charge in [0.05, 0.1) is 4.92 Å². The highest BCUT2D eigenvalue weighted by molar-refractivity contribution is 8.22. The Bertz CT molecular complexity index is 556. The van der Waals surface area contributed by atoms with E-state index >= 15 is 0 Å². The molecule has 1 aromatic rings. The summed E-state index contributed by atoms with van der Waals surface area (Å²) in [5.41, 5.74) is 0.817. The summed E-state index contributed by atoms with van der Waals surface area (Å²) >= 11 is 3.43. The van der Waals surface area contributed by atoms with Crippen LogP contribution in [0, 0.1) is 10.1 Å². The molecule has 6 heteroatoms. The molecule has 0 bridgehead atoms. The lowest BCUT2D eigenvalue weighted by atomic mass is 10.2. The molecule has 1 aromatic carbocycles. The number of thioether (sulfide) groups is 2. The molecule has 1 heterocycles. The van der Waals surface area contributed by atoms with Crippen molar-refractivity contribution in [3.05, 3.63) is 56.3 Å². The van der Waals surface area contributed by atoms with Gasteiger partial charge in [0, 0.05) is 22.4 Å². The Morgan fingerprint density at radius 3 is 2.45 bits per heavy atom. The molecular weight excluding hydrogens is 294 g/mol. The van der Waals surface area contributed by atoms with Gasteiger partial charge in [0.2, 0.25) is 0 Å². The topological polar surface area (TPSA) is 60.2 Å². The average Bonchev–Trinajstić information content (AvgIpc) is 2.46. The summed E-state index contributed by atoms with van der Waals surface area (Å²) in [5, 5.41) is 10.5. The number of nitro benzene ring substituents is 1. The smallest absolute Gasteiger partial charge is 0.269 e. The van der Waals surface area contributed by atoms with Gasteiger partial charge in [-0.25, -0.2) is 0 Å². The highest BCUT2D eigenvalue weighted by atomic mass is 32.2. The lowest BCUT2D eigenvalue weighted by Crippen LogP contribution is -1.94. The second kappa shape index (κ2) is 7.31. The Morgan fingerprint density at radius 2 is 1.85 bits per heavy atom. The monoisotopic (exact) mass is 307 g/mol. The maximum absolute atomic E-state index is 11.8. The van der Waals surface area contributed by atoms with Crippen molar-refractivity contribution in [1.82, 2.24) is 0 Å². The molecule has 1 aliphatic rings. The zero-order valence-electron chi connectivity index (χ0n) is 10.7. The van der Waals surface area contributed by atoms with Gasteiger partial charge in [0.25, 0.3) is 5.69 Å². The van der Waals surface area contributed by atoms with Gasteiger partial charge in [-0.15, -0.1) is 23.5 Å². The minimum atomic E-state index is -0.444. The van der Waals surface area contributed by atoms with E-state index in [1.54, 1.807) is 47.8 Å². The van der Waals surface area contributed by atoms with E-state index in [1.165, 1.54) is 24.6 Å². The van der Waals surface area contributed by atoms with Crippen LogP contribution >= 0.6 is 23.5 Å². The fraction of sp³-hybridized carbons (Fsp3) is 0.214. The number of ketones is 1. The number of carbonyl (C=O) groups is 1. The van der Waals surface area contributed by atoms with Gasteiger partial charge in [0.1, 0.15) is 0 Å². The Labute approximate surface area is 125 Å². The lowest BCUT2D eigenvalue weighted by Gasteiger charge is -2.11. The van der Waals surface area contributed by atoms with Crippen molar-refractivity contribution in [3.8, 4) is 0 Å². The summed E-state index contributed by atoms with van der Waals surface area (Å²) in [6.45, 7) is 0.